The summed E-state index contributed by atoms with van der Waals surface area (Å²) in [5.74, 6) is 0.140. The molecule has 170 valence electrons. The lowest BCUT2D eigenvalue weighted by Gasteiger charge is -2.46. The molecule has 0 spiro atoms. The van der Waals surface area contributed by atoms with Crippen molar-refractivity contribution < 1.29 is 23.9 Å². The van der Waals surface area contributed by atoms with E-state index in [1.165, 1.54) is 0 Å². The Morgan fingerprint density at radius 2 is 1.47 bits per heavy atom. The lowest BCUT2D eigenvalue weighted by Crippen LogP contribution is -2.53. The zero-order chi connectivity index (χ0) is 21.8. The number of ether oxygens (including phenoxy) is 2. The number of primary amides is 1. The number of rotatable bonds is 3. The van der Waals surface area contributed by atoms with Crippen molar-refractivity contribution in [2.45, 2.75) is 82.6 Å². The predicted molar refractivity (Wildman–Crippen MR) is 111 cm³/mol. The van der Waals surface area contributed by atoms with Crippen LogP contribution in [-0.4, -0.2) is 56.2 Å². The number of nitrogens with two attached hydrogens (primary N) is 1. The van der Waals surface area contributed by atoms with Gasteiger partial charge in [0.05, 0.1) is 12.2 Å². The Bertz CT molecular complexity index is 642. The van der Waals surface area contributed by atoms with E-state index in [1.807, 2.05) is 0 Å². The number of fused-ring (bicyclic) bond motifs is 5. The van der Waals surface area contributed by atoms with Gasteiger partial charge in [0, 0.05) is 20.6 Å². The minimum atomic E-state index is -0.734. The van der Waals surface area contributed by atoms with E-state index in [9.17, 15) is 14.4 Å². The predicted octanol–water partition coefficient (Wildman–Crippen LogP) is 1.12. The van der Waals surface area contributed by atoms with E-state index < -0.39 is 18.0 Å². The summed E-state index contributed by atoms with van der Waals surface area (Å²) in [6.45, 7) is 1.64. The van der Waals surface area contributed by atoms with Crippen molar-refractivity contribution in [2.75, 3.05) is 14.2 Å². The molecule has 30 heavy (non-hydrogen) atoms. The van der Waals surface area contributed by atoms with Gasteiger partial charge >= 0.3 is 0 Å². The molecule has 0 unspecified atom stereocenters. The Labute approximate surface area is 179 Å². The Balaban J connectivity index is 1.88. The second-order valence-electron chi connectivity index (χ2n) is 9.43. The van der Waals surface area contributed by atoms with Crippen molar-refractivity contribution >= 4 is 17.7 Å². The molecule has 8 nitrogen and oxygen atoms in total. The Morgan fingerprint density at radius 1 is 0.900 bits per heavy atom. The molecule has 3 aliphatic rings. The molecular weight excluding hydrogens is 386 g/mol. The molecule has 4 bridgehead atoms. The van der Waals surface area contributed by atoms with Gasteiger partial charge in [0.1, 0.15) is 12.1 Å². The molecule has 4 N–H and O–H groups in total. The van der Waals surface area contributed by atoms with Crippen LogP contribution in [-0.2, 0) is 23.9 Å². The monoisotopic (exact) mass is 423 g/mol. The average molecular weight is 424 g/mol. The van der Waals surface area contributed by atoms with Crippen molar-refractivity contribution in [3.63, 3.8) is 0 Å². The van der Waals surface area contributed by atoms with Crippen LogP contribution in [0.1, 0.15) is 58.3 Å². The fourth-order valence-electron chi connectivity index (χ4n) is 5.93. The van der Waals surface area contributed by atoms with Gasteiger partial charge in [-0.1, -0.05) is 0 Å². The fourth-order valence-corrected chi connectivity index (χ4v) is 5.93. The third-order valence-electron chi connectivity index (χ3n) is 7.51. The molecule has 2 saturated carbocycles. The standard InChI is InChI=1S/C22H37N3O5/c1-12-22(28)25-17(21(23)27)10-13-4-6-18(29-2)15(8-13)16-9-14(11-20(26)24-12)5-7-19(16)30-3/h12-19H,4-11H2,1-3H3,(H2,23,27)(H,24,26)(H,25,28)/t12-,13-,14-,15-,16-,17-,18-,19-/m0/s1. The molecule has 0 aromatic heterocycles. The largest absolute Gasteiger partial charge is 0.381 e. The van der Waals surface area contributed by atoms with Gasteiger partial charge in [0.25, 0.3) is 0 Å². The van der Waals surface area contributed by atoms with Gasteiger partial charge < -0.3 is 25.8 Å². The van der Waals surface area contributed by atoms with E-state index in [1.54, 1.807) is 21.1 Å². The minimum Gasteiger partial charge on any atom is -0.381 e. The summed E-state index contributed by atoms with van der Waals surface area (Å²) < 4.78 is 11.7. The second kappa shape index (κ2) is 10.1. The number of carbonyl (C=O) groups is 3. The molecule has 3 fully saturated rings. The normalized spacial score (nSPS) is 40.6. The lowest BCUT2D eigenvalue weighted by molar-refractivity contribution is -0.132. The van der Waals surface area contributed by atoms with Gasteiger partial charge in [-0.3, -0.25) is 14.4 Å². The van der Waals surface area contributed by atoms with Gasteiger partial charge in [0.2, 0.25) is 17.7 Å². The van der Waals surface area contributed by atoms with Crippen molar-refractivity contribution in [3.8, 4) is 0 Å². The van der Waals surface area contributed by atoms with Crippen LogP contribution in [0.15, 0.2) is 0 Å². The summed E-state index contributed by atoms with van der Waals surface area (Å²) in [6.07, 6.45) is 6.78. The number of methoxy groups -OCH3 is 2. The van der Waals surface area contributed by atoms with Crippen molar-refractivity contribution in [1.82, 2.24) is 10.6 Å². The zero-order valence-corrected chi connectivity index (χ0v) is 18.4. The highest BCUT2D eigenvalue weighted by atomic mass is 16.5. The highest BCUT2D eigenvalue weighted by Gasteiger charge is 2.43. The molecule has 8 atom stereocenters. The van der Waals surface area contributed by atoms with Crippen LogP contribution >= 0.6 is 0 Å². The Morgan fingerprint density at radius 3 is 2.03 bits per heavy atom. The first-order chi connectivity index (χ1) is 14.3. The molecule has 2 aliphatic carbocycles. The van der Waals surface area contributed by atoms with E-state index in [-0.39, 0.29) is 35.9 Å². The average Bonchev–Trinajstić information content (AvgIpc) is 2.72. The second-order valence-corrected chi connectivity index (χ2v) is 9.43. The number of nitrogens with one attached hydrogen (secondary N) is 2. The quantitative estimate of drug-likeness (QED) is 0.628. The Kier molecular flexibility index (Phi) is 7.74. The summed E-state index contributed by atoms with van der Waals surface area (Å²) in [7, 11) is 3.53. The SMILES string of the molecule is CO[C@H]1CC[C@@H]2CC(=O)N[C@@H](C)C(=O)N[C@H](C(N)=O)C[C@H]3CC[C@H](OC)[C@@H](C3)[C@@H]1C2. The first-order valence-corrected chi connectivity index (χ1v) is 11.3. The van der Waals surface area contributed by atoms with Gasteiger partial charge in [-0.05, 0) is 75.5 Å². The zero-order valence-electron chi connectivity index (χ0n) is 18.4. The summed E-state index contributed by atoms with van der Waals surface area (Å²) in [4.78, 5) is 37.2. The van der Waals surface area contributed by atoms with E-state index in [2.05, 4.69) is 10.6 Å². The topological polar surface area (TPSA) is 120 Å². The molecule has 1 saturated heterocycles. The number of amides is 3. The van der Waals surface area contributed by atoms with Crippen LogP contribution in [0.25, 0.3) is 0 Å². The maximum atomic E-state index is 12.6. The summed E-state index contributed by atoms with van der Waals surface area (Å²) in [6, 6.07) is -1.44. The summed E-state index contributed by atoms with van der Waals surface area (Å²) >= 11 is 0. The van der Waals surface area contributed by atoms with Crippen LogP contribution in [0.2, 0.25) is 0 Å². The Hall–Kier alpha value is -1.67. The molecule has 3 rings (SSSR count). The van der Waals surface area contributed by atoms with Gasteiger partial charge in [-0.25, -0.2) is 0 Å². The minimum absolute atomic E-state index is 0.130. The van der Waals surface area contributed by atoms with Crippen LogP contribution in [0.5, 0.6) is 0 Å². The molecule has 0 aromatic rings. The van der Waals surface area contributed by atoms with E-state index >= 15 is 0 Å². The molecule has 1 aliphatic heterocycles. The molecule has 0 radical (unpaired) electrons. The molecular formula is C22H37N3O5. The van der Waals surface area contributed by atoms with Crippen LogP contribution in [0, 0.1) is 23.7 Å². The molecule has 3 amide bonds. The van der Waals surface area contributed by atoms with Crippen LogP contribution in [0.3, 0.4) is 0 Å². The van der Waals surface area contributed by atoms with Crippen LogP contribution in [0.4, 0.5) is 0 Å². The number of hydrogen-bond donors (Lipinski definition) is 3. The van der Waals surface area contributed by atoms with Crippen molar-refractivity contribution in [2.24, 2.45) is 29.4 Å². The molecule has 1 heterocycles. The first kappa shape index (κ1) is 23.0. The van der Waals surface area contributed by atoms with E-state index in [0.717, 1.165) is 38.5 Å². The fraction of sp³-hybridized carbons (Fsp3) is 0.864. The van der Waals surface area contributed by atoms with Gasteiger partial charge in [-0.2, -0.15) is 0 Å². The van der Waals surface area contributed by atoms with E-state index in [4.69, 9.17) is 15.2 Å². The lowest BCUT2D eigenvalue weighted by atomic mass is 9.64. The maximum absolute atomic E-state index is 12.6. The summed E-state index contributed by atoms with van der Waals surface area (Å²) in [5.41, 5.74) is 5.60. The highest BCUT2D eigenvalue weighted by Crippen LogP contribution is 2.45. The number of hydrogen-bond acceptors (Lipinski definition) is 5. The van der Waals surface area contributed by atoms with E-state index in [0.29, 0.717) is 24.7 Å². The first-order valence-electron chi connectivity index (χ1n) is 11.3. The smallest absolute Gasteiger partial charge is 0.242 e. The maximum Gasteiger partial charge on any atom is 0.242 e. The third kappa shape index (κ3) is 5.32. The number of carbonyl (C=O) groups excluding carboxylic acids is 3. The van der Waals surface area contributed by atoms with Crippen molar-refractivity contribution in [1.29, 1.82) is 0 Å². The van der Waals surface area contributed by atoms with Gasteiger partial charge in [-0.15, -0.1) is 0 Å². The summed E-state index contributed by atoms with van der Waals surface area (Å²) in [5, 5.41) is 5.54. The van der Waals surface area contributed by atoms with Crippen molar-refractivity contribution in [3.05, 3.63) is 0 Å². The third-order valence-corrected chi connectivity index (χ3v) is 7.51. The molecule has 8 heteroatoms. The highest BCUT2D eigenvalue weighted by molar-refractivity contribution is 5.91. The molecule has 0 aromatic carbocycles. The van der Waals surface area contributed by atoms with Gasteiger partial charge in [0.15, 0.2) is 0 Å². The van der Waals surface area contributed by atoms with Crippen LogP contribution < -0.4 is 16.4 Å².